The van der Waals surface area contributed by atoms with Crippen molar-refractivity contribution < 1.29 is 4.39 Å². The maximum atomic E-state index is 13.4. The Morgan fingerprint density at radius 2 is 1.97 bits per heavy atom. The van der Waals surface area contributed by atoms with Crippen LogP contribution in [0.25, 0.3) is 0 Å². The molecule has 154 valence electrons. The number of hydrogen-bond acceptors (Lipinski definition) is 3. The number of likely N-dealkylation sites (tertiary alicyclic amines) is 1. The minimum Gasteiger partial charge on any atom is -0.342 e. The molecule has 2 heterocycles. The predicted octanol–water partition coefficient (Wildman–Crippen LogP) is 4.78. The molecule has 0 amide bonds. The van der Waals surface area contributed by atoms with Crippen LogP contribution in [0, 0.1) is 25.6 Å². The van der Waals surface area contributed by atoms with E-state index in [9.17, 15) is 4.39 Å². The minimum atomic E-state index is -0.483. The molecule has 1 saturated heterocycles. The molecule has 1 aliphatic heterocycles. The molecule has 1 unspecified atom stereocenters. The van der Waals surface area contributed by atoms with Gasteiger partial charge in [0.05, 0.1) is 5.02 Å². The summed E-state index contributed by atoms with van der Waals surface area (Å²) in [7, 11) is 0. The van der Waals surface area contributed by atoms with Gasteiger partial charge in [-0.05, 0) is 69.1 Å². The van der Waals surface area contributed by atoms with Crippen LogP contribution >= 0.6 is 23.8 Å². The molecule has 2 N–H and O–H groups in total. The van der Waals surface area contributed by atoms with Gasteiger partial charge in [0.25, 0.3) is 0 Å². The number of thiocarbonyl (C=S) groups is 1. The van der Waals surface area contributed by atoms with Gasteiger partial charge in [-0.3, -0.25) is 5.32 Å². The summed E-state index contributed by atoms with van der Waals surface area (Å²) in [5, 5.41) is 6.47. The van der Waals surface area contributed by atoms with Crippen molar-refractivity contribution in [2.24, 2.45) is 10.9 Å². The van der Waals surface area contributed by atoms with Gasteiger partial charge in [-0.2, -0.15) is 4.99 Å². The number of aromatic nitrogens is 2. The largest absolute Gasteiger partial charge is 0.342 e. The van der Waals surface area contributed by atoms with Crippen LogP contribution in [0.3, 0.4) is 0 Å². The fourth-order valence-electron chi connectivity index (χ4n) is 3.26. The first kappa shape index (κ1) is 21.4. The first-order valence-corrected chi connectivity index (χ1v) is 10.3. The van der Waals surface area contributed by atoms with E-state index in [0.29, 0.717) is 23.5 Å². The lowest BCUT2D eigenvalue weighted by atomic mass is 10.0. The Labute approximate surface area is 180 Å². The van der Waals surface area contributed by atoms with Crippen LogP contribution in [0.4, 0.5) is 16.0 Å². The van der Waals surface area contributed by atoms with Crippen molar-refractivity contribution in [3.05, 3.63) is 46.5 Å². The van der Waals surface area contributed by atoms with Crippen LogP contribution in [-0.2, 0) is 0 Å². The average molecular weight is 435 g/mol. The van der Waals surface area contributed by atoms with E-state index in [0.717, 1.165) is 30.9 Å². The second kappa shape index (κ2) is 9.45. The van der Waals surface area contributed by atoms with Gasteiger partial charge in [0.1, 0.15) is 5.82 Å². The topological polar surface area (TPSA) is 65.4 Å². The highest BCUT2D eigenvalue weighted by atomic mass is 35.5. The summed E-state index contributed by atoms with van der Waals surface area (Å²) in [6.07, 6.45) is 2.25. The Kier molecular flexibility index (Phi) is 6.97. The van der Waals surface area contributed by atoms with Crippen molar-refractivity contribution in [1.82, 2.24) is 14.9 Å². The number of rotatable bonds is 2. The number of hydrogen-bond donors (Lipinski definition) is 2. The number of piperidine rings is 1. The Morgan fingerprint density at radius 3 is 2.62 bits per heavy atom. The zero-order valence-electron chi connectivity index (χ0n) is 16.7. The van der Waals surface area contributed by atoms with E-state index >= 15 is 0 Å². The van der Waals surface area contributed by atoms with Gasteiger partial charge in [0.15, 0.2) is 0 Å². The Morgan fingerprint density at radius 1 is 1.24 bits per heavy atom. The zero-order valence-corrected chi connectivity index (χ0v) is 18.2. The summed E-state index contributed by atoms with van der Waals surface area (Å²) in [6.45, 7) is 7.79. The fraction of sp³-hybridized carbons (Fsp3) is 0.400. The molecule has 0 bridgehead atoms. The molecule has 6 nitrogen and oxygen atoms in total. The van der Waals surface area contributed by atoms with E-state index in [1.807, 2.05) is 19.9 Å². The molecule has 0 spiro atoms. The molecule has 2 aromatic rings. The SMILES string of the molecule is Cc1cc(C)nc(N/C(=N/C(=S)Nc2ccc(F)c(Cl)c2)N2CCCC(C)C2)n1. The van der Waals surface area contributed by atoms with E-state index in [2.05, 4.69) is 37.4 Å². The average Bonchev–Trinajstić information content (AvgIpc) is 2.63. The molecular formula is C20H24ClFN6S. The molecular weight excluding hydrogens is 411 g/mol. The Balaban J connectivity index is 1.84. The normalized spacial score (nSPS) is 17.2. The molecule has 1 atom stereocenters. The molecule has 1 aromatic carbocycles. The third-order valence-electron chi connectivity index (χ3n) is 4.54. The van der Waals surface area contributed by atoms with Gasteiger partial charge >= 0.3 is 0 Å². The number of halogens is 2. The quantitative estimate of drug-likeness (QED) is 0.402. The van der Waals surface area contributed by atoms with Crippen LogP contribution < -0.4 is 10.6 Å². The van der Waals surface area contributed by atoms with Crippen molar-refractivity contribution in [2.45, 2.75) is 33.6 Å². The zero-order chi connectivity index (χ0) is 21.0. The number of aryl methyl sites for hydroxylation is 2. The number of nitrogens with zero attached hydrogens (tertiary/aromatic N) is 4. The van der Waals surface area contributed by atoms with Gasteiger partial charge in [-0.25, -0.2) is 14.4 Å². The van der Waals surface area contributed by atoms with Gasteiger partial charge in [-0.1, -0.05) is 18.5 Å². The number of nitrogens with one attached hydrogen (secondary N) is 2. The first-order valence-electron chi connectivity index (χ1n) is 9.49. The molecule has 9 heteroatoms. The summed E-state index contributed by atoms with van der Waals surface area (Å²) in [6, 6.07) is 6.23. The number of anilines is 2. The third-order valence-corrected chi connectivity index (χ3v) is 5.02. The summed E-state index contributed by atoms with van der Waals surface area (Å²) >= 11 is 11.3. The van der Waals surface area contributed by atoms with E-state index in [1.165, 1.54) is 18.6 Å². The molecule has 1 aromatic heterocycles. The highest BCUT2D eigenvalue weighted by molar-refractivity contribution is 7.80. The third kappa shape index (κ3) is 6.08. The molecule has 1 aliphatic rings. The van der Waals surface area contributed by atoms with E-state index in [4.69, 9.17) is 23.8 Å². The van der Waals surface area contributed by atoms with Gasteiger partial charge in [0.2, 0.25) is 17.0 Å². The molecule has 0 aliphatic carbocycles. The van der Waals surface area contributed by atoms with Gasteiger partial charge < -0.3 is 10.2 Å². The lowest BCUT2D eigenvalue weighted by Crippen LogP contribution is -2.43. The summed E-state index contributed by atoms with van der Waals surface area (Å²) in [5.41, 5.74) is 2.31. The minimum absolute atomic E-state index is 0.0219. The lowest BCUT2D eigenvalue weighted by molar-refractivity contribution is 0.273. The highest BCUT2D eigenvalue weighted by Crippen LogP contribution is 2.20. The smallest absolute Gasteiger partial charge is 0.229 e. The van der Waals surface area contributed by atoms with Gasteiger partial charge in [0, 0.05) is 30.2 Å². The van der Waals surface area contributed by atoms with E-state index in [-0.39, 0.29) is 10.1 Å². The van der Waals surface area contributed by atoms with Crippen LogP contribution in [-0.4, -0.2) is 39.0 Å². The second-order valence-corrected chi connectivity index (χ2v) is 8.08. The fourth-order valence-corrected chi connectivity index (χ4v) is 3.65. The van der Waals surface area contributed by atoms with Crippen molar-refractivity contribution >= 4 is 46.5 Å². The monoisotopic (exact) mass is 434 g/mol. The molecule has 29 heavy (non-hydrogen) atoms. The lowest BCUT2D eigenvalue weighted by Gasteiger charge is -2.33. The van der Waals surface area contributed by atoms with E-state index < -0.39 is 5.82 Å². The summed E-state index contributed by atoms with van der Waals surface area (Å²) in [5.74, 6) is 1.14. The Hall–Kier alpha value is -2.32. The van der Waals surface area contributed by atoms with Crippen molar-refractivity contribution in [3.8, 4) is 0 Å². The Bertz CT molecular complexity index is 915. The molecule has 1 fully saturated rings. The summed E-state index contributed by atoms with van der Waals surface area (Å²) in [4.78, 5) is 15.6. The van der Waals surface area contributed by atoms with Gasteiger partial charge in [-0.15, -0.1) is 0 Å². The molecule has 0 saturated carbocycles. The number of aliphatic imine (C=N–C) groups is 1. The molecule has 0 radical (unpaired) electrons. The maximum Gasteiger partial charge on any atom is 0.229 e. The standard InChI is InChI=1S/C20H24ClFN6S/c1-12-5-4-8-28(11-12)19(26-18-23-13(2)9-14(3)24-18)27-20(29)25-15-6-7-17(22)16(21)10-15/h6-7,9-10,12H,4-5,8,11H2,1-3H3,(H2,23,24,25,26,27,29). The van der Waals surface area contributed by atoms with Crippen LogP contribution in [0.5, 0.6) is 0 Å². The van der Waals surface area contributed by atoms with E-state index in [1.54, 1.807) is 6.07 Å². The van der Waals surface area contributed by atoms with Crippen molar-refractivity contribution in [2.75, 3.05) is 23.7 Å². The predicted molar refractivity (Wildman–Crippen MR) is 120 cm³/mol. The second-order valence-electron chi connectivity index (χ2n) is 7.29. The van der Waals surface area contributed by atoms with Crippen molar-refractivity contribution in [1.29, 1.82) is 0 Å². The van der Waals surface area contributed by atoms with Crippen LogP contribution in [0.15, 0.2) is 29.3 Å². The highest BCUT2D eigenvalue weighted by Gasteiger charge is 2.21. The van der Waals surface area contributed by atoms with Crippen LogP contribution in [0.2, 0.25) is 5.02 Å². The number of benzene rings is 1. The van der Waals surface area contributed by atoms with Crippen molar-refractivity contribution in [3.63, 3.8) is 0 Å². The van der Waals surface area contributed by atoms with Crippen LogP contribution in [0.1, 0.15) is 31.2 Å². The number of guanidine groups is 1. The first-order chi connectivity index (χ1) is 13.8. The molecule has 3 rings (SSSR count). The maximum absolute atomic E-state index is 13.4. The summed E-state index contributed by atoms with van der Waals surface area (Å²) < 4.78 is 13.4.